The predicted molar refractivity (Wildman–Crippen MR) is 107 cm³/mol. The van der Waals surface area contributed by atoms with Gasteiger partial charge < -0.3 is 10.1 Å². The van der Waals surface area contributed by atoms with E-state index < -0.39 is 10.0 Å². The van der Waals surface area contributed by atoms with Crippen LogP contribution in [0.2, 0.25) is 0 Å². The van der Waals surface area contributed by atoms with Crippen molar-refractivity contribution in [2.45, 2.75) is 62.9 Å². The van der Waals surface area contributed by atoms with Crippen molar-refractivity contribution in [3.05, 3.63) is 23.8 Å². The van der Waals surface area contributed by atoms with Gasteiger partial charge in [-0.2, -0.15) is 0 Å². The first-order valence-corrected chi connectivity index (χ1v) is 11.8. The Bertz CT molecular complexity index is 867. The summed E-state index contributed by atoms with van der Waals surface area (Å²) in [6, 6.07) is 4.57. The highest BCUT2D eigenvalue weighted by molar-refractivity contribution is 7.89. The Labute approximate surface area is 167 Å². The van der Waals surface area contributed by atoms with E-state index in [0.717, 1.165) is 24.2 Å². The summed E-state index contributed by atoms with van der Waals surface area (Å²) in [5.74, 6) is 3.02. The number of carbonyl (C=O) groups is 1. The number of amides is 1. The Balaban J connectivity index is 1.53. The van der Waals surface area contributed by atoms with Gasteiger partial charge in [-0.05, 0) is 81.4 Å². The van der Waals surface area contributed by atoms with Gasteiger partial charge in [-0.1, -0.05) is 6.42 Å². The molecule has 4 rings (SSSR count). The van der Waals surface area contributed by atoms with Gasteiger partial charge in [-0.3, -0.25) is 4.79 Å². The van der Waals surface area contributed by atoms with E-state index in [-0.39, 0.29) is 28.6 Å². The van der Waals surface area contributed by atoms with Crippen molar-refractivity contribution in [1.29, 1.82) is 0 Å². The van der Waals surface area contributed by atoms with Crippen LogP contribution in [0.3, 0.4) is 0 Å². The Morgan fingerprint density at radius 3 is 2.61 bits per heavy atom. The number of methoxy groups -OCH3 is 1. The van der Waals surface area contributed by atoms with E-state index in [2.05, 4.69) is 10.0 Å². The van der Waals surface area contributed by atoms with Gasteiger partial charge in [0.05, 0.1) is 7.11 Å². The zero-order valence-corrected chi connectivity index (χ0v) is 17.6. The third-order valence-electron chi connectivity index (χ3n) is 6.85. The summed E-state index contributed by atoms with van der Waals surface area (Å²) in [5, 5.41) is 3.20. The number of benzene rings is 1. The first kappa shape index (κ1) is 19.7. The molecule has 0 heterocycles. The highest BCUT2D eigenvalue weighted by atomic mass is 32.2. The summed E-state index contributed by atoms with van der Waals surface area (Å²) in [4.78, 5) is 12.9. The molecule has 1 aromatic carbocycles. The molecule has 0 spiro atoms. The Hall–Kier alpha value is -1.60. The maximum absolute atomic E-state index is 12.9. The quantitative estimate of drug-likeness (QED) is 0.761. The minimum absolute atomic E-state index is 0.000138. The van der Waals surface area contributed by atoms with Gasteiger partial charge >= 0.3 is 0 Å². The third kappa shape index (κ3) is 3.43. The first-order valence-electron chi connectivity index (χ1n) is 10.3. The molecule has 1 aromatic rings. The van der Waals surface area contributed by atoms with E-state index in [9.17, 15) is 13.2 Å². The predicted octanol–water partition coefficient (Wildman–Crippen LogP) is 2.94. The molecule has 3 aliphatic carbocycles. The van der Waals surface area contributed by atoms with Crippen LogP contribution in [-0.2, 0) is 10.0 Å². The second-order valence-corrected chi connectivity index (χ2v) is 10.6. The zero-order valence-electron chi connectivity index (χ0n) is 16.8. The summed E-state index contributed by atoms with van der Waals surface area (Å²) in [6.07, 6.45) is 6.28. The second kappa shape index (κ2) is 7.34. The van der Waals surface area contributed by atoms with Crippen LogP contribution in [0.5, 0.6) is 5.75 Å². The lowest BCUT2D eigenvalue weighted by atomic mass is 9.79. The van der Waals surface area contributed by atoms with Crippen molar-refractivity contribution in [3.8, 4) is 5.75 Å². The summed E-state index contributed by atoms with van der Waals surface area (Å²) < 4.78 is 33.1. The number of sulfonamides is 1. The number of nitrogens with one attached hydrogen (secondary N) is 2. The van der Waals surface area contributed by atoms with Gasteiger partial charge in [-0.25, -0.2) is 13.1 Å². The Morgan fingerprint density at radius 1 is 1.14 bits per heavy atom. The van der Waals surface area contributed by atoms with Crippen LogP contribution in [0.15, 0.2) is 23.1 Å². The van der Waals surface area contributed by atoms with Crippen molar-refractivity contribution in [2.24, 2.45) is 23.7 Å². The molecule has 0 aromatic heterocycles. The second-order valence-electron chi connectivity index (χ2n) is 8.88. The van der Waals surface area contributed by atoms with Crippen LogP contribution in [0.25, 0.3) is 0 Å². The molecule has 0 aliphatic heterocycles. The molecule has 2 bridgehead atoms. The lowest BCUT2D eigenvalue weighted by Gasteiger charge is -2.32. The van der Waals surface area contributed by atoms with Gasteiger partial charge in [0.15, 0.2) is 0 Å². The van der Waals surface area contributed by atoms with Gasteiger partial charge in [-0.15, -0.1) is 0 Å². The van der Waals surface area contributed by atoms with Crippen LogP contribution < -0.4 is 14.8 Å². The van der Waals surface area contributed by atoms with Crippen molar-refractivity contribution in [2.75, 3.05) is 7.11 Å². The molecule has 154 valence electrons. The molecule has 0 radical (unpaired) electrons. The van der Waals surface area contributed by atoms with E-state index in [1.807, 2.05) is 0 Å². The average Bonchev–Trinajstić information content (AvgIpc) is 3.33. The Kier molecular flexibility index (Phi) is 5.16. The van der Waals surface area contributed by atoms with E-state index in [0.29, 0.717) is 11.5 Å². The average molecular weight is 407 g/mol. The zero-order chi connectivity index (χ0) is 20.1. The maximum Gasteiger partial charge on any atom is 0.251 e. The standard InChI is InChI=1S/C21H30N2O4S/c1-12(2)23-28(25,26)20-11-13(7-8-19(20)27-3)21(24)22-18-10-14-9-17(18)16-6-4-5-15(14)16/h7-8,11-12,14-18,23H,4-6,9-10H2,1-3H3,(H,22,24)/t14-,15-,16+,17+,18-/m1/s1. The highest BCUT2D eigenvalue weighted by Crippen LogP contribution is 2.58. The molecule has 0 saturated heterocycles. The minimum atomic E-state index is -3.76. The SMILES string of the molecule is COc1ccc(C(=O)N[C@@H]2C[C@H]3C[C@H]2[C@H]2CCC[C@H]32)cc1S(=O)(=O)NC(C)C. The van der Waals surface area contributed by atoms with Crippen LogP contribution in [0, 0.1) is 23.7 Å². The van der Waals surface area contributed by atoms with E-state index in [1.54, 1.807) is 26.0 Å². The number of ether oxygens (including phenoxy) is 1. The summed E-state index contributed by atoms with van der Waals surface area (Å²) in [5.41, 5.74) is 0.357. The van der Waals surface area contributed by atoms with Gasteiger partial charge in [0.25, 0.3) is 5.91 Å². The molecule has 5 atom stereocenters. The molecule has 3 saturated carbocycles. The van der Waals surface area contributed by atoms with Crippen LogP contribution in [-0.4, -0.2) is 33.5 Å². The van der Waals surface area contributed by atoms with Crippen molar-refractivity contribution in [1.82, 2.24) is 10.0 Å². The lowest BCUT2D eigenvalue weighted by Crippen LogP contribution is -2.42. The molecule has 28 heavy (non-hydrogen) atoms. The molecule has 1 amide bonds. The van der Waals surface area contributed by atoms with E-state index in [1.165, 1.54) is 38.9 Å². The lowest BCUT2D eigenvalue weighted by molar-refractivity contribution is 0.0901. The maximum atomic E-state index is 12.9. The monoisotopic (exact) mass is 406 g/mol. The van der Waals surface area contributed by atoms with Crippen molar-refractivity contribution < 1.29 is 17.9 Å². The minimum Gasteiger partial charge on any atom is -0.495 e. The molecule has 7 heteroatoms. The molecule has 2 N–H and O–H groups in total. The highest BCUT2D eigenvalue weighted by Gasteiger charge is 2.54. The molecular weight excluding hydrogens is 376 g/mol. The number of hydrogen-bond donors (Lipinski definition) is 2. The van der Waals surface area contributed by atoms with Crippen LogP contribution >= 0.6 is 0 Å². The van der Waals surface area contributed by atoms with Crippen LogP contribution in [0.1, 0.15) is 56.3 Å². The smallest absolute Gasteiger partial charge is 0.251 e. The van der Waals surface area contributed by atoms with E-state index >= 15 is 0 Å². The number of carbonyl (C=O) groups excluding carboxylic acids is 1. The van der Waals surface area contributed by atoms with Gasteiger partial charge in [0.2, 0.25) is 10.0 Å². The molecule has 0 unspecified atom stereocenters. The van der Waals surface area contributed by atoms with Crippen molar-refractivity contribution >= 4 is 15.9 Å². The van der Waals surface area contributed by atoms with E-state index in [4.69, 9.17) is 4.74 Å². The number of hydrogen-bond acceptors (Lipinski definition) is 4. The normalized spacial score (nSPS) is 31.2. The summed E-state index contributed by atoms with van der Waals surface area (Å²) in [7, 11) is -2.33. The van der Waals surface area contributed by atoms with Crippen LogP contribution in [0.4, 0.5) is 0 Å². The van der Waals surface area contributed by atoms with Gasteiger partial charge in [0, 0.05) is 17.6 Å². The fourth-order valence-electron chi connectivity index (χ4n) is 5.89. The fraction of sp³-hybridized carbons (Fsp3) is 0.667. The number of rotatable bonds is 6. The topological polar surface area (TPSA) is 84.5 Å². The summed E-state index contributed by atoms with van der Waals surface area (Å²) >= 11 is 0. The summed E-state index contributed by atoms with van der Waals surface area (Å²) in [6.45, 7) is 3.51. The van der Waals surface area contributed by atoms with Gasteiger partial charge in [0.1, 0.15) is 10.6 Å². The Morgan fingerprint density at radius 2 is 1.89 bits per heavy atom. The number of fused-ring (bicyclic) bond motifs is 5. The molecule has 3 fully saturated rings. The third-order valence-corrected chi connectivity index (χ3v) is 8.53. The fourth-order valence-corrected chi connectivity index (χ4v) is 7.33. The first-order chi connectivity index (χ1) is 13.3. The van der Waals surface area contributed by atoms with Crippen molar-refractivity contribution in [3.63, 3.8) is 0 Å². The molecule has 3 aliphatic rings. The largest absolute Gasteiger partial charge is 0.495 e. The molecule has 6 nitrogen and oxygen atoms in total. The molecular formula is C21H30N2O4S.